The predicted octanol–water partition coefficient (Wildman–Crippen LogP) is 1.41. The first kappa shape index (κ1) is 20.1. The summed E-state index contributed by atoms with van der Waals surface area (Å²) in [5.74, 6) is -0.948. The fraction of sp³-hybridized carbons (Fsp3) is 0.235. The van der Waals surface area contributed by atoms with Crippen molar-refractivity contribution in [2.45, 2.75) is 17.4 Å². The van der Waals surface area contributed by atoms with E-state index in [1.165, 1.54) is 12.1 Å². The van der Waals surface area contributed by atoms with Gasteiger partial charge in [0.1, 0.15) is 15.9 Å². The molecule has 0 aromatic heterocycles. The van der Waals surface area contributed by atoms with Crippen LogP contribution in [0.2, 0.25) is 0 Å². The van der Waals surface area contributed by atoms with Gasteiger partial charge in [-0.3, -0.25) is 4.79 Å². The second kappa shape index (κ2) is 8.43. The fourth-order valence-electron chi connectivity index (χ4n) is 2.18. The van der Waals surface area contributed by atoms with Crippen molar-refractivity contribution in [3.63, 3.8) is 0 Å². The summed E-state index contributed by atoms with van der Waals surface area (Å²) in [7, 11) is -7.33. The molecule has 1 atom stereocenters. The van der Waals surface area contributed by atoms with Crippen LogP contribution in [0.4, 0.5) is 5.69 Å². The molecule has 0 radical (unpaired) electrons. The molecule has 0 unspecified atom stereocenters. The van der Waals surface area contributed by atoms with E-state index in [2.05, 4.69) is 10.0 Å². The number of benzene rings is 2. The number of carbonyl (C=O) groups excluding carboxylic acids is 1. The molecule has 0 bridgehead atoms. The standard InChI is InChI=1S/C17H20N2O5S2/c1-25(21,22)13-12-16(17(20)18-14-8-4-2-5-9-14)19-26(23,24)15-10-6-3-7-11-15/h2-11,16,19H,12-13H2,1H3,(H,18,20)/t16-/m1/s1. The normalized spacial score (nSPS) is 13.1. The summed E-state index contributed by atoms with van der Waals surface area (Å²) in [6.45, 7) is 0. The van der Waals surface area contributed by atoms with Crippen molar-refractivity contribution in [2.24, 2.45) is 0 Å². The first-order chi connectivity index (χ1) is 12.2. The molecule has 2 aromatic rings. The van der Waals surface area contributed by atoms with Crippen LogP contribution in [-0.2, 0) is 24.7 Å². The lowest BCUT2D eigenvalue weighted by atomic mass is 10.2. The van der Waals surface area contributed by atoms with Crippen LogP contribution in [0.25, 0.3) is 0 Å². The third-order valence-electron chi connectivity index (χ3n) is 3.49. The highest BCUT2D eigenvalue weighted by Gasteiger charge is 2.26. The van der Waals surface area contributed by atoms with Gasteiger partial charge >= 0.3 is 0 Å². The van der Waals surface area contributed by atoms with Crippen molar-refractivity contribution in [3.05, 3.63) is 60.7 Å². The van der Waals surface area contributed by atoms with Gasteiger partial charge in [-0.15, -0.1) is 0 Å². The number of amides is 1. The Kier molecular flexibility index (Phi) is 6.52. The Morgan fingerprint density at radius 2 is 1.46 bits per heavy atom. The number of sulfonamides is 1. The maximum atomic E-state index is 12.5. The number of anilines is 1. The minimum absolute atomic E-state index is 0.00290. The molecule has 0 aliphatic heterocycles. The minimum Gasteiger partial charge on any atom is -0.325 e. The summed E-state index contributed by atoms with van der Waals surface area (Å²) in [6.07, 6.45) is 0.856. The predicted molar refractivity (Wildman–Crippen MR) is 100.0 cm³/mol. The van der Waals surface area contributed by atoms with Crippen molar-refractivity contribution in [3.8, 4) is 0 Å². The molecule has 0 aliphatic rings. The van der Waals surface area contributed by atoms with Crippen molar-refractivity contribution < 1.29 is 21.6 Å². The topological polar surface area (TPSA) is 109 Å². The Bertz CT molecular complexity index is 943. The monoisotopic (exact) mass is 396 g/mol. The van der Waals surface area contributed by atoms with E-state index in [4.69, 9.17) is 0 Å². The van der Waals surface area contributed by atoms with Gasteiger partial charge in [0, 0.05) is 11.9 Å². The Hall–Kier alpha value is -2.23. The molecule has 0 aliphatic carbocycles. The highest BCUT2D eigenvalue weighted by molar-refractivity contribution is 7.90. The van der Waals surface area contributed by atoms with Crippen molar-refractivity contribution in [2.75, 3.05) is 17.3 Å². The minimum atomic E-state index is -3.97. The number of carbonyl (C=O) groups is 1. The summed E-state index contributed by atoms with van der Waals surface area (Å²) in [5, 5.41) is 2.59. The number of para-hydroxylation sites is 1. The van der Waals surface area contributed by atoms with Crippen LogP contribution >= 0.6 is 0 Å². The zero-order valence-electron chi connectivity index (χ0n) is 14.1. The van der Waals surface area contributed by atoms with Crippen LogP contribution in [0.5, 0.6) is 0 Å². The summed E-state index contributed by atoms with van der Waals surface area (Å²) in [4.78, 5) is 12.5. The number of hydrogen-bond donors (Lipinski definition) is 2. The molecule has 0 fully saturated rings. The van der Waals surface area contributed by atoms with Crippen LogP contribution in [0, 0.1) is 0 Å². The number of nitrogens with one attached hydrogen (secondary N) is 2. The van der Waals surface area contributed by atoms with Crippen LogP contribution in [-0.4, -0.2) is 40.8 Å². The van der Waals surface area contributed by atoms with Crippen LogP contribution < -0.4 is 10.0 Å². The van der Waals surface area contributed by atoms with E-state index in [1.54, 1.807) is 48.5 Å². The van der Waals surface area contributed by atoms with Gasteiger partial charge in [-0.2, -0.15) is 4.72 Å². The fourth-order valence-corrected chi connectivity index (χ4v) is 4.10. The lowest BCUT2D eigenvalue weighted by Gasteiger charge is -2.18. The molecule has 9 heteroatoms. The molecular formula is C17H20N2O5S2. The molecule has 0 saturated heterocycles. The average molecular weight is 396 g/mol. The van der Waals surface area contributed by atoms with Crippen LogP contribution in [0.15, 0.2) is 65.6 Å². The number of sulfone groups is 1. The van der Waals surface area contributed by atoms with Gasteiger partial charge in [-0.05, 0) is 30.7 Å². The zero-order chi connectivity index (χ0) is 19.2. The molecule has 0 heterocycles. The maximum absolute atomic E-state index is 12.5. The van der Waals surface area contributed by atoms with Gasteiger partial charge in [-0.25, -0.2) is 16.8 Å². The smallest absolute Gasteiger partial charge is 0.242 e. The van der Waals surface area contributed by atoms with Crippen molar-refractivity contribution in [1.82, 2.24) is 4.72 Å². The summed E-state index contributed by atoms with van der Waals surface area (Å²) >= 11 is 0. The molecule has 140 valence electrons. The molecule has 7 nitrogen and oxygen atoms in total. The Labute approximate surface area is 153 Å². The quantitative estimate of drug-likeness (QED) is 0.701. The van der Waals surface area contributed by atoms with Crippen LogP contribution in [0.3, 0.4) is 0 Å². The van der Waals surface area contributed by atoms with Gasteiger partial charge in [-0.1, -0.05) is 36.4 Å². The molecule has 2 aromatic carbocycles. The third-order valence-corrected chi connectivity index (χ3v) is 5.95. The van der Waals surface area contributed by atoms with Gasteiger partial charge in [0.25, 0.3) is 0 Å². The van der Waals surface area contributed by atoms with E-state index >= 15 is 0 Å². The molecule has 2 rings (SSSR count). The molecule has 0 spiro atoms. The van der Waals surface area contributed by atoms with E-state index in [-0.39, 0.29) is 17.1 Å². The van der Waals surface area contributed by atoms with Gasteiger partial charge in [0.05, 0.1) is 10.6 Å². The van der Waals surface area contributed by atoms with Crippen LogP contribution in [0.1, 0.15) is 6.42 Å². The second-order valence-corrected chi connectivity index (χ2v) is 9.73. The molecule has 2 N–H and O–H groups in total. The summed E-state index contributed by atoms with van der Waals surface area (Å²) < 4.78 is 50.2. The summed E-state index contributed by atoms with van der Waals surface area (Å²) in [5.41, 5.74) is 0.487. The largest absolute Gasteiger partial charge is 0.325 e. The molecular weight excluding hydrogens is 376 g/mol. The third kappa shape index (κ3) is 6.25. The number of hydrogen-bond acceptors (Lipinski definition) is 5. The van der Waals surface area contributed by atoms with E-state index < -0.39 is 31.8 Å². The number of rotatable bonds is 8. The zero-order valence-corrected chi connectivity index (χ0v) is 15.8. The lowest BCUT2D eigenvalue weighted by Crippen LogP contribution is -2.44. The van der Waals surface area contributed by atoms with E-state index in [9.17, 15) is 21.6 Å². The molecule has 26 heavy (non-hydrogen) atoms. The highest BCUT2D eigenvalue weighted by Crippen LogP contribution is 2.12. The first-order valence-electron chi connectivity index (χ1n) is 7.78. The van der Waals surface area contributed by atoms with E-state index in [0.29, 0.717) is 5.69 Å². The molecule has 0 saturated carbocycles. The highest BCUT2D eigenvalue weighted by atomic mass is 32.2. The maximum Gasteiger partial charge on any atom is 0.242 e. The van der Waals surface area contributed by atoms with Crippen molar-refractivity contribution in [1.29, 1.82) is 0 Å². The van der Waals surface area contributed by atoms with Crippen molar-refractivity contribution >= 4 is 31.5 Å². The Balaban J connectivity index is 2.21. The van der Waals surface area contributed by atoms with Gasteiger partial charge in [0.2, 0.25) is 15.9 Å². The van der Waals surface area contributed by atoms with Gasteiger partial charge in [0.15, 0.2) is 0 Å². The Morgan fingerprint density at radius 3 is 2.00 bits per heavy atom. The lowest BCUT2D eigenvalue weighted by molar-refractivity contribution is -0.117. The van der Waals surface area contributed by atoms with E-state index in [1.807, 2.05) is 0 Å². The molecule has 1 amide bonds. The second-order valence-electron chi connectivity index (χ2n) is 5.76. The Morgan fingerprint density at radius 1 is 0.923 bits per heavy atom. The van der Waals surface area contributed by atoms with E-state index in [0.717, 1.165) is 6.26 Å². The SMILES string of the molecule is CS(=O)(=O)CC[C@@H](NS(=O)(=O)c1ccccc1)C(=O)Nc1ccccc1. The first-order valence-corrected chi connectivity index (χ1v) is 11.3. The average Bonchev–Trinajstić information content (AvgIpc) is 2.59. The van der Waals surface area contributed by atoms with Gasteiger partial charge < -0.3 is 5.32 Å². The summed E-state index contributed by atoms with van der Waals surface area (Å²) in [6, 6.07) is 14.9.